The number of ether oxygens (including phenoxy) is 1. The minimum Gasteiger partial charge on any atom is -0.484 e. The van der Waals surface area contributed by atoms with Crippen LogP contribution in [0, 0.1) is 0 Å². The topological polar surface area (TPSA) is 51.2 Å². The van der Waals surface area contributed by atoms with Crippen LogP contribution in [0.4, 0.5) is 18.9 Å². The number of hydrogen-bond donors (Lipinski definition) is 1. The minimum atomic E-state index is -4.39. The highest BCUT2D eigenvalue weighted by Gasteiger charge is 2.28. The molecule has 0 saturated carbocycles. The van der Waals surface area contributed by atoms with Crippen LogP contribution in [0.5, 0.6) is 5.75 Å². The van der Waals surface area contributed by atoms with Gasteiger partial charge in [0.05, 0.1) is 11.1 Å². The van der Waals surface area contributed by atoms with Crippen molar-refractivity contribution in [2.75, 3.05) is 11.9 Å². The molecule has 25 heavy (non-hydrogen) atoms. The van der Waals surface area contributed by atoms with Crippen molar-refractivity contribution in [3.8, 4) is 5.75 Å². The van der Waals surface area contributed by atoms with Gasteiger partial charge in [-0.2, -0.15) is 13.2 Å². The maximum Gasteiger partial charge on any atom is 0.422 e. The van der Waals surface area contributed by atoms with E-state index in [-0.39, 0.29) is 11.7 Å². The van der Waals surface area contributed by atoms with Crippen molar-refractivity contribution in [3.63, 3.8) is 0 Å². The molecule has 1 heterocycles. The summed E-state index contributed by atoms with van der Waals surface area (Å²) in [5, 5.41) is 3.42. The molecule has 0 unspecified atom stereocenters. The van der Waals surface area contributed by atoms with E-state index < -0.39 is 12.8 Å². The van der Waals surface area contributed by atoms with E-state index >= 15 is 0 Å². The summed E-state index contributed by atoms with van der Waals surface area (Å²) < 4.78 is 41.0. The molecule has 0 radical (unpaired) electrons. The summed E-state index contributed by atoms with van der Waals surface area (Å²) in [7, 11) is 0. The molecule has 0 aliphatic heterocycles. The molecule has 4 nitrogen and oxygen atoms in total. The third-order valence-corrected chi connectivity index (χ3v) is 3.41. The lowest BCUT2D eigenvalue weighted by atomic mass is 10.1. The van der Waals surface area contributed by atoms with Gasteiger partial charge in [-0.25, -0.2) is 0 Å². The second-order valence-electron chi connectivity index (χ2n) is 5.26. The van der Waals surface area contributed by atoms with Crippen LogP contribution in [0.1, 0.15) is 10.4 Å². The highest BCUT2D eigenvalue weighted by molar-refractivity contribution is 6.12. The Kier molecular flexibility index (Phi) is 4.56. The smallest absolute Gasteiger partial charge is 0.422 e. The molecule has 0 bridgehead atoms. The fraction of sp³-hybridized carbons (Fsp3) is 0.111. The van der Waals surface area contributed by atoms with E-state index in [1.807, 2.05) is 12.1 Å². The lowest BCUT2D eigenvalue weighted by Gasteiger charge is -2.10. The van der Waals surface area contributed by atoms with Crippen LogP contribution in [-0.2, 0) is 0 Å². The Morgan fingerprint density at radius 2 is 1.76 bits per heavy atom. The fourth-order valence-electron chi connectivity index (χ4n) is 2.29. The number of rotatable bonds is 4. The Morgan fingerprint density at radius 3 is 2.48 bits per heavy atom. The van der Waals surface area contributed by atoms with E-state index in [0.717, 1.165) is 0 Å². The SMILES string of the molecule is O=C(Nc1ccc(OCC(F)(F)F)cc1)c1ccnc2ccccc12. The second-order valence-corrected chi connectivity index (χ2v) is 5.26. The third-order valence-electron chi connectivity index (χ3n) is 3.41. The molecule has 0 aliphatic carbocycles. The van der Waals surface area contributed by atoms with Crippen molar-refractivity contribution < 1.29 is 22.7 Å². The zero-order valence-electron chi connectivity index (χ0n) is 12.9. The van der Waals surface area contributed by atoms with Crippen molar-refractivity contribution in [1.82, 2.24) is 4.98 Å². The number of fused-ring (bicyclic) bond motifs is 1. The lowest BCUT2D eigenvalue weighted by molar-refractivity contribution is -0.153. The summed E-state index contributed by atoms with van der Waals surface area (Å²) in [6, 6.07) is 14.5. The van der Waals surface area contributed by atoms with Gasteiger partial charge in [0.1, 0.15) is 5.75 Å². The summed E-state index contributed by atoms with van der Waals surface area (Å²) in [6.45, 7) is -1.36. The normalized spacial score (nSPS) is 11.3. The molecule has 0 atom stereocenters. The molecular weight excluding hydrogens is 333 g/mol. The van der Waals surface area contributed by atoms with Crippen LogP contribution in [0.2, 0.25) is 0 Å². The fourth-order valence-corrected chi connectivity index (χ4v) is 2.29. The first-order valence-electron chi connectivity index (χ1n) is 7.37. The Hall–Kier alpha value is -3.09. The molecule has 128 valence electrons. The number of nitrogens with one attached hydrogen (secondary N) is 1. The van der Waals surface area contributed by atoms with Gasteiger partial charge in [-0.05, 0) is 36.4 Å². The van der Waals surface area contributed by atoms with Crippen molar-refractivity contribution in [3.05, 3.63) is 66.4 Å². The van der Waals surface area contributed by atoms with E-state index in [0.29, 0.717) is 22.2 Å². The number of aromatic nitrogens is 1. The molecule has 3 aromatic rings. The monoisotopic (exact) mass is 346 g/mol. The van der Waals surface area contributed by atoms with Gasteiger partial charge in [0.2, 0.25) is 0 Å². The van der Waals surface area contributed by atoms with Crippen LogP contribution in [0.25, 0.3) is 10.9 Å². The van der Waals surface area contributed by atoms with Crippen molar-refractivity contribution in [2.45, 2.75) is 6.18 Å². The van der Waals surface area contributed by atoms with E-state index in [2.05, 4.69) is 15.0 Å². The number of amides is 1. The Balaban J connectivity index is 1.72. The summed E-state index contributed by atoms with van der Waals surface area (Å²) in [5.74, 6) is -0.257. The summed E-state index contributed by atoms with van der Waals surface area (Å²) >= 11 is 0. The zero-order chi connectivity index (χ0) is 17.9. The van der Waals surface area contributed by atoms with Gasteiger partial charge in [-0.15, -0.1) is 0 Å². The third kappa shape index (κ3) is 4.26. The average Bonchev–Trinajstić information content (AvgIpc) is 2.60. The van der Waals surface area contributed by atoms with Crippen molar-refractivity contribution >= 4 is 22.5 Å². The van der Waals surface area contributed by atoms with Gasteiger partial charge in [0, 0.05) is 17.3 Å². The van der Waals surface area contributed by atoms with Gasteiger partial charge in [0.15, 0.2) is 6.61 Å². The van der Waals surface area contributed by atoms with Crippen molar-refractivity contribution in [2.24, 2.45) is 0 Å². The van der Waals surface area contributed by atoms with E-state index in [1.54, 1.807) is 24.4 Å². The highest BCUT2D eigenvalue weighted by atomic mass is 19.4. The van der Waals surface area contributed by atoms with E-state index in [9.17, 15) is 18.0 Å². The summed E-state index contributed by atoms with van der Waals surface area (Å²) in [4.78, 5) is 16.6. The van der Waals surface area contributed by atoms with Crippen LogP contribution in [-0.4, -0.2) is 23.7 Å². The average molecular weight is 346 g/mol. The first-order valence-corrected chi connectivity index (χ1v) is 7.37. The number of halogens is 3. The number of nitrogens with zero attached hydrogens (tertiary/aromatic N) is 1. The quantitative estimate of drug-likeness (QED) is 0.760. The summed E-state index contributed by atoms with van der Waals surface area (Å²) in [5.41, 5.74) is 1.61. The van der Waals surface area contributed by atoms with Crippen LogP contribution in [0.3, 0.4) is 0 Å². The van der Waals surface area contributed by atoms with Gasteiger partial charge < -0.3 is 10.1 Å². The number of hydrogen-bond acceptors (Lipinski definition) is 3. The maximum atomic E-state index is 12.5. The van der Waals surface area contributed by atoms with Gasteiger partial charge >= 0.3 is 6.18 Å². The number of carbonyl (C=O) groups is 1. The first-order chi connectivity index (χ1) is 11.9. The number of carbonyl (C=O) groups excluding carboxylic acids is 1. The number of alkyl halides is 3. The number of para-hydroxylation sites is 1. The van der Waals surface area contributed by atoms with Crippen LogP contribution >= 0.6 is 0 Å². The molecule has 0 spiro atoms. The molecule has 7 heteroatoms. The Bertz CT molecular complexity index is 887. The second kappa shape index (κ2) is 6.80. The maximum absolute atomic E-state index is 12.5. The predicted molar refractivity (Wildman–Crippen MR) is 87.7 cm³/mol. The molecule has 3 rings (SSSR count). The molecular formula is C18H13F3N2O2. The standard InChI is InChI=1S/C18H13F3N2O2/c19-18(20,21)11-25-13-7-5-12(6-8-13)23-17(24)15-9-10-22-16-4-2-1-3-14(15)16/h1-10H,11H2,(H,23,24). The van der Waals surface area contributed by atoms with E-state index in [1.165, 1.54) is 24.3 Å². The number of benzene rings is 2. The first kappa shape index (κ1) is 16.8. The van der Waals surface area contributed by atoms with Gasteiger partial charge in [-0.3, -0.25) is 9.78 Å². The zero-order valence-corrected chi connectivity index (χ0v) is 12.9. The van der Waals surface area contributed by atoms with Gasteiger partial charge in [0.25, 0.3) is 5.91 Å². The van der Waals surface area contributed by atoms with Gasteiger partial charge in [-0.1, -0.05) is 18.2 Å². The minimum absolute atomic E-state index is 0.0738. The molecule has 0 fully saturated rings. The molecule has 2 aromatic carbocycles. The molecule has 1 aromatic heterocycles. The Morgan fingerprint density at radius 1 is 1.04 bits per heavy atom. The molecule has 1 amide bonds. The highest BCUT2D eigenvalue weighted by Crippen LogP contribution is 2.22. The molecule has 0 aliphatic rings. The predicted octanol–water partition coefficient (Wildman–Crippen LogP) is 4.43. The molecule has 0 saturated heterocycles. The number of pyridine rings is 1. The van der Waals surface area contributed by atoms with Crippen molar-refractivity contribution in [1.29, 1.82) is 0 Å². The van der Waals surface area contributed by atoms with Crippen LogP contribution < -0.4 is 10.1 Å². The molecule has 1 N–H and O–H groups in total. The van der Waals surface area contributed by atoms with E-state index in [4.69, 9.17) is 0 Å². The van der Waals surface area contributed by atoms with Crippen LogP contribution in [0.15, 0.2) is 60.8 Å². The number of anilines is 1. The summed E-state index contributed by atoms with van der Waals surface area (Å²) in [6.07, 6.45) is -2.85. The Labute approximate surface area is 141 Å². The largest absolute Gasteiger partial charge is 0.484 e. The lowest BCUT2D eigenvalue weighted by Crippen LogP contribution is -2.19.